The fraction of sp³-hybridized carbons (Fsp3) is 0.345. The maximum Gasteiger partial charge on any atom is 0.272 e. The average molecular weight is 514 g/mol. The molecule has 2 aliphatic heterocycles. The number of carbonyl (C=O) groups excluding carboxylic acids is 2. The third-order valence-electron chi connectivity index (χ3n) is 8.01. The molecule has 9 nitrogen and oxygen atoms in total. The highest BCUT2D eigenvalue weighted by molar-refractivity contribution is 6.00. The highest BCUT2D eigenvalue weighted by Gasteiger charge is 2.56. The molecule has 38 heavy (non-hydrogen) atoms. The van der Waals surface area contributed by atoms with Crippen LogP contribution in [0.2, 0.25) is 0 Å². The molecule has 2 aliphatic rings. The van der Waals surface area contributed by atoms with Crippen molar-refractivity contribution in [2.24, 2.45) is 7.05 Å². The number of carbonyl (C=O) groups is 2. The van der Waals surface area contributed by atoms with Crippen LogP contribution in [-0.2, 0) is 25.7 Å². The van der Waals surface area contributed by atoms with Crippen LogP contribution in [0.4, 0.5) is 0 Å². The maximum absolute atomic E-state index is 14.1. The highest BCUT2D eigenvalue weighted by atomic mass is 16.5. The van der Waals surface area contributed by atoms with Gasteiger partial charge in [-0.1, -0.05) is 19.1 Å². The number of aryl methyl sites for hydroxylation is 3. The van der Waals surface area contributed by atoms with Crippen LogP contribution in [0.25, 0.3) is 11.1 Å². The lowest BCUT2D eigenvalue weighted by Gasteiger charge is -2.47. The van der Waals surface area contributed by atoms with Crippen LogP contribution in [-0.4, -0.2) is 56.2 Å². The summed E-state index contributed by atoms with van der Waals surface area (Å²) in [6.45, 7) is 7.14. The number of fused-ring (bicyclic) bond motifs is 2. The van der Waals surface area contributed by atoms with E-state index >= 15 is 0 Å². The van der Waals surface area contributed by atoms with Gasteiger partial charge in [0.05, 0.1) is 24.9 Å². The van der Waals surface area contributed by atoms with Crippen molar-refractivity contribution in [1.82, 2.24) is 24.1 Å². The Balaban J connectivity index is 1.50. The Morgan fingerprint density at radius 2 is 1.92 bits per heavy atom. The van der Waals surface area contributed by atoms with E-state index in [9.17, 15) is 9.59 Å². The first-order valence-electron chi connectivity index (χ1n) is 12.8. The van der Waals surface area contributed by atoms with Crippen LogP contribution >= 0.6 is 0 Å². The van der Waals surface area contributed by atoms with E-state index in [1.54, 1.807) is 18.1 Å². The van der Waals surface area contributed by atoms with Gasteiger partial charge in [-0.25, -0.2) is 0 Å². The average Bonchev–Trinajstić information content (AvgIpc) is 3.68. The number of hydrogen-bond donors (Lipinski definition) is 0. The van der Waals surface area contributed by atoms with Crippen LogP contribution in [0.3, 0.4) is 0 Å². The van der Waals surface area contributed by atoms with E-state index < -0.39 is 5.66 Å². The zero-order chi connectivity index (χ0) is 26.8. The van der Waals surface area contributed by atoms with E-state index in [2.05, 4.69) is 5.10 Å². The molecule has 0 saturated carbocycles. The minimum absolute atomic E-state index is 0.103. The number of nitrogens with zero attached hydrogens (tertiary/aromatic N) is 5. The number of aromatic nitrogens is 3. The Labute approximate surface area is 221 Å². The first kappa shape index (κ1) is 24.1. The molecule has 0 spiro atoms. The number of methoxy groups -OCH3 is 1. The summed E-state index contributed by atoms with van der Waals surface area (Å²) in [7, 11) is 3.51. The van der Waals surface area contributed by atoms with Crippen molar-refractivity contribution in [1.29, 1.82) is 0 Å². The first-order valence-corrected chi connectivity index (χ1v) is 12.8. The predicted molar refractivity (Wildman–Crippen MR) is 141 cm³/mol. The first-order chi connectivity index (χ1) is 18.3. The monoisotopic (exact) mass is 513 g/mol. The zero-order valence-corrected chi connectivity index (χ0v) is 22.3. The molecule has 0 radical (unpaired) electrons. The normalized spacial score (nSPS) is 18.6. The summed E-state index contributed by atoms with van der Waals surface area (Å²) in [4.78, 5) is 31.9. The SMILES string of the molecule is CCc1occ(C(=O)N2CCN3C(=O)c4cc(-c5cn(C)nc5C)cn4CC23c2ccc(OC)cc2)c1C. The number of benzene rings is 1. The minimum atomic E-state index is -0.996. The number of ether oxygens (including phenoxy) is 1. The van der Waals surface area contributed by atoms with Gasteiger partial charge in [-0.05, 0) is 32.0 Å². The van der Waals surface area contributed by atoms with E-state index in [4.69, 9.17) is 9.15 Å². The van der Waals surface area contributed by atoms with Crippen LogP contribution in [0.15, 0.2) is 53.4 Å². The molecular formula is C29H31N5O4. The minimum Gasteiger partial charge on any atom is -0.497 e. The van der Waals surface area contributed by atoms with Crippen molar-refractivity contribution in [3.63, 3.8) is 0 Å². The van der Waals surface area contributed by atoms with Gasteiger partial charge >= 0.3 is 0 Å². The molecule has 5 heterocycles. The summed E-state index contributed by atoms with van der Waals surface area (Å²) in [5, 5.41) is 4.47. The maximum atomic E-state index is 14.1. The van der Waals surface area contributed by atoms with E-state index in [0.717, 1.165) is 33.7 Å². The summed E-state index contributed by atoms with van der Waals surface area (Å²) in [6.07, 6.45) is 6.22. The molecule has 1 saturated heterocycles. The molecule has 9 heteroatoms. The molecule has 0 N–H and O–H groups in total. The quantitative estimate of drug-likeness (QED) is 0.401. The number of amides is 2. The summed E-state index contributed by atoms with van der Waals surface area (Å²) >= 11 is 0. The summed E-state index contributed by atoms with van der Waals surface area (Å²) in [5.74, 6) is 1.26. The largest absolute Gasteiger partial charge is 0.497 e. The molecule has 1 atom stereocenters. The lowest BCUT2D eigenvalue weighted by molar-refractivity contribution is -0.00597. The third-order valence-corrected chi connectivity index (χ3v) is 8.01. The molecule has 3 aromatic heterocycles. The van der Waals surface area contributed by atoms with E-state index in [1.165, 1.54) is 0 Å². The number of hydrogen-bond acceptors (Lipinski definition) is 5. The van der Waals surface area contributed by atoms with E-state index in [1.807, 2.05) is 84.9 Å². The van der Waals surface area contributed by atoms with Crippen LogP contribution in [0.1, 0.15) is 50.4 Å². The standard InChI is InChI=1S/C29H31N5O4/c1-6-26-18(2)24(16-38-26)27(35)33-11-12-34-28(36)25-13-20(23-15-31(4)30-19(23)3)14-32(25)17-29(33,34)21-7-9-22(37-5)10-8-21/h7-10,13-16H,6,11-12,17H2,1-5H3. The van der Waals surface area contributed by atoms with Crippen molar-refractivity contribution in [3.05, 3.63) is 82.8 Å². The fourth-order valence-corrected chi connectivity index (χ4v) is 6.07. The Hall–Kier alpha value is -4.27. The summed E-state index contributed by atoms with van der Waals surface area (Å²) in [6, 6.07) is 9.59. The van der Waals surface area contributed by atoms with E-state index in [0.29, 0.717) is 43.1 Å². The highest BCUT2D eigenvalue weighted by Crippen LogP contribution is 2.45. The van der Waals surface area contributed by atoms with Crippen molar-refractivity contribution in [3.8, 4) is 16.9 Å². The molecule has 2 amide bonds. The van der Waals surface area contributed by atoms with Gasteiger partial charge in [0.25, 0.3) is 11.8 Å². The Morgan fingerprint density at radius 3 is 2.55 bits per heavy atom. The molecular weight excluding hydrogens is 482 g/mol. The van der Waals surface area contributed by atoms with Gasteiger partial charge in [-0.15, -0.1) is 0 Å². The zero-order valence-electron chi connectivity index (χ0n) is 22.3. The topological polar surface area (TPSA) is 85.7 Å². The van der Waals surface area contributed by atoms with Crippen molar-refractivity contribution in [2.75, 3.05) is 20.2 Å². The second kappa shape index (κ2) is 8.65. The van der Waals surface area contributed by atoms with Gasteiger partial charge < -0.3 is 23.5 Å². The van der Waals surface area contributed by atoms with Gasteiger partial charge in [0.1, 0.15) is 23.5 Å². The van der Waals surface area contributed by atoms with Crippen molar-refractivity contribution < 1.29 is 18.7 Å². The fourth-order valence-electron chi connectivity index (χ4n) is 6.07. The van der Waals surface area contributed by atoms with Gasteiger partial charge in [0, 0.05) is 61.2 Å². The Kier molecular flexibility index (Phi) is 5.48. The molecule has 1 fully saturated rings. The molecule has 0 bridgehead atoms. The Bertz CT molecular complexity index is 1560. The molecule has 4 aromatic rings. The van der Waals surface area contributed by atoms with Crippen molar-refractivity contribution in [2.45, 2.75) is 39.4 Å². The summed E-state index contributed by atoms with van der Waals surface area (Å²) in [5.41, 5.74) is 4.66. The van der Waals surface area contributed by atoms with Gasteiger partial charge in [-0.2, -0.15) is 5.10 Å². The molecule has 196 valence electrons. The van der Waals surface area contributed by atoms with E-state index in [-0.39, 0.29) is 11.8 Å². The Morgan fingerprint density at radius 1 is 1.16 bits per heavy atom. The van der Waals surface area contributed by atoms with Gasteiger partial charge in [0.2, 0.25) is 0 Å². The second-order valence-corrected chi connectivity index (χ2v) is 10.1. The molecule has 0 aliphatic carbocycles. The molecule has 1 aromatic carbocycles. The lowest BCUT2D eigenvalue weighted by atomic mass is 9.93. The van der Waals surface area contributed by atoms with Crippen LogP contribution < -0.4 is 4.74 Å². The smallest absolute Gasteiger partial charge is 0.272 e. The number of furan rings is 1. The molecule has 1 unspecified atom stereocenters. The molecule has 6 rings (SSSR count). The van der Waals surface area contributed by atoms with Crippen LogP contribution in [0, 0.1) is 13.8 Å². The van der Waals surface area contributed by atoms with Crippen LogP contribution in [0.5, 0.6) is 5.75 Å². The number of rotatable bonds is 5. The van der Waals surface area contributed by atoms with Gasteiger partial charge in [-0.3, -0.25) is 14.3 Å². The third kappa shape index (κ3) is 3.34. The second-order valence-electron chi connectivity index (χ2n) is 10.1. The predicted octanol–water partition coefficient (Wildman–Crippen LogP) is 4.13. The van der Waals surface area contributed by atoms with Crippen molar-refractivity contribution >= 4 is 11.8 Å². The van der Waals surface area contributed by atoms with Gasteiger partial charge in [0.15, 0.2) is 5.66 Å². The summed E-state index contributed by atoms with van der Waals surface area (Å²) < 4.78 is 14.9. The lowest BCUT2D eigenvalue weighted by Crippen LogP contribution is -2.60.